The molecule has 6 heteroatoms. The second-order valence-electron chi connectivity index (χ2n) is 5.86. The highest BCUT2D eigenvalue weighted by molar-refractivity contribution is 9.10. The second-order valence-corrected chi connectivity index (χ2v) is 6.77. The van der Waals surface area contributed by atoms with Crippen LogP contribution in [0.5, 0.6) is 5.75 Å². The first-order chi connectivity index (χ1) is 9.29. The second kappa shape index (κ2) is 3.97. The summed E-state index contributed by atoms with van der Waals surface area (Å²) in [7, 11) is 1.50. The summed E-state index contributed by atoms with van der Waals surface area (Å²) in [6.45, 7) is 4.21. The number of nitrogens with one attached hydrogen (secondary N) is 1. The molecule has 0 radical (unpaired) electrons. The lowest BCUT2D eigenvalue weighted by molar-refractivity contribution is -0.137. The Bertz CT molecular complexity index is 629. The number of amides is 3. The molecule has 2 aliphatic rings. The molecular weight excluding hydrogens is 324 g/mol. The van der Waals surface area contributed by atoms with Gasteiger partial charge in [0.05, 0.1) is 6.61 Å². The molecule has 1 aromatic carbocycles. The molecule has 3 amide bonds. The van der Waals surface area contributed by atoms with Gasteiger partial charge >= 0.3 is 6.03 Å². The van der Waals surface area contributed by atoms with Crippen LogP contribution in [0.25, 0.3) is 0 Å². The Morgan fingerprint density at radius 1 is 1.35 bits per heavy atom. The van der Waals surface area contributed by atoms with Crippen LogP contribution >= 0.6 is 15.9 Å². The monoisotopic (exact) mass is 338 g/mol. The van der Waals surface area contributed by atoms with Crippen molar-refractivity contribution in [2.45, 2.75) is 19.4 Å². The number of benzene rings is 1. The molecule has 106 valence electrons. The van der Waals surface area contributed by atoms with Crippen LogP contribution in [-0.4, -0.2) is 30.5 Å². The Morgan fingerprint density at radius 2 is 2.05 bits per heavy atom. The van der Waals surface area contributed by atoms with E-state index in [4.69, 9.17) is 4.74 Å². The highest BCUT2D eigenvalue weighted by atomic mass is 79.9. The number of likely N-dealkylation sites (N-methyl/N-ethyl adjacent to an activating group) is 1. The first-order valence-corrected chi connectivity index (χ1v) is 7.12. The number of fused-ring (bicyclic) bond motifs is 2. The molecule has 2 heterocycles. The lowest BCUT2D eigenvalue weighted by atomic mass is 9.66. The maximum atomic E-state index is 12.8. The normalized spacial score (nSPS) is 27.3. The number of hydrogen-bond donors (Lipinski definition) is 1. The third kappa shape index (κ3) is 1.48. The smallest absolute Gasteiger partial charge is 0.325 e. The molecule has 1 fully saturated rings. The highest BCUT2D eigenvalue weighted by Gasteiger charge is 2.63. The summed E-state index contributed by atoms with van der Waals surface area (Å²) >= 11 is 3.42. The molecule has 0 aliphatic carbocycles. The number of urea groups is 1. The van der Waals surface area contributed by atoms with Gasteiger partial charge in [-0.1, -0.05) is 29.8 Å². The van der Waals surface area contributed by atoms with E-state index in [-0.39, 0.29) is 11.9 Å². The third-order valence-electron chi connectivity index (χ3n) is 4.17. The Balaban J connectivity index is 2.30. The van der Waals surface area contributed by atoms with E-state index in [2.05, 4.69) is 21.2 Å². The van der Waals surface area contributed by atoms with Gasteiger partial charge < -0.3 is 10.1 Å². The molecule has 1 N–H and O–H groups in total. The van der Waals surface area contributed by atoms with Gasteiger partial charge in [-0.3, -0.25) is 9.69 Å². The van der Waals surface area contributed by atoms with E-state index in [1.165, 1.54) is 7.05 Å². The fraction of sp³-hybridized carbons (Fsp3) is 0.429. The van der Waals surface area contributed by atoms with Crippen LogP contribution in [-0.2, 0) is 10.3 Å². The van der Waals surface area contributed by atoms with Gasteiger partial charge in [-0.25, -0.2) is 4.79 Å². The first-order valence-electron chi connectivity index (χ1n) is 6.33. The van der Waals surface area contributed by atoms with Gasteiger partial charge in [0.25, 0.3) is 5.91 Å². The number of hydrogen-bond acceptors (Lipinski definition) is 3. The number of carbonyl (C=O) groups excluding carboxylic acids is 2. The Labute approximate surface area is 125 Å². The average Bonchev–Trinajstić information content (AvgIpc) is 2.61. The molecule has 0 bridgehead atoms. The zero-order valence-corrected chi connectivity index (χ0v) is 13.1. The van der Waals surface area contributed by atoms with E-state index in [1.54, 1.807) is 0 Å². The number of halogens is 1. The van der Waals surface area contributed by atoms with Crippen molar-refractivity contribution in [3.05, 3.63) is 28.2 Å². The minimum Gasteiger partial charge on any atom is -0.493 e. The fourth-order valence-corrected chi connectivity index (χ4v) is 3.30. The van der Waals surface area contributed by atoms with Gasteiger partial charge in [0.15, 0.2) is 5.54 Å². The van der Waals surface area contributed by atoms with Crippen molar-refractivity contribution in [3.8, 4) is 5.75 Å². The van der Waals surface area contributed by atoms with Gasteiger partial charge in [-0.2, -0.15) is 0 Å². The Hall–Kier alpha value is -1.56. The van der Waals surface area contributed by atoms with Crippen LogP contribution in [0.3, 0.4) is 0 Å². The standard InChI is InChI=1S/C14H15BrN2O3/c1-13(2)7-20-10-5-4-8(15)6-9(10)14(13)11(18)17(3)12(19)16-14/h4-6H,7H2,1-3H3,(H,16,19). The molecule has 0 saturated carbocycles. The molecule has 5 nitrogen and oxygen atoms in total. The lowest BCUT2D eigenvalue weighted by Gasteiger charge is -2.45. The number of imide groups is 1. The van der Waals surface area contributed by atoms with Crippen molar-refractivity contribution >= 4 is 27.9 Å². The van der Waals surface area contributed by atoms with Crippen molar-refractivity contribution in [1.82, 2.24) is 10.2 Å². The van der Waals surface area contributed by atoms with Crippen LogP contribution in [0.4, 0.5) is 4.79 Å². The van der Waals surface area contributed by atoms with Gasteiger partial charge in [0, 0.05) is 22.5 Å². The van der Waals surface area contributed by atoms with Crippen molar-refractivity contribution in [2.75, 3.05) is 13.7 Å². The number of nitrogens with zero attached hydrogens (tertiary/aromatic N) is 1. The van der Waals surface area contributed by atoms with E-state index < -0.39 is 11.0 Å². The van der Waals surface area contributed by atoms with Crippen LogP contribution in [0.2, 0.25) is 0 Å². The van der Waals surface area contributed by atoms with E-state index in [0.29, 0.717) is 17.9 Å². The van der Waals surface area contributed by atoms with Crippen LogP contribution in [0, 0.1) is 5.41 Å². The van der Waals surface area contributed by atoms with Gasteiger partial charge in [0.2, 0.25) is 0 Å². The molecule has 20 heavy (non-hydrogen) atoms. The van der Waals surface area contributed by atoms with Crippen LogP contribution in [0.1, 0.15) is 19.4 Å². The third-order valence-corrected chi connectivity index (χ3v) is 4.67. The Kier molecular flexibility index (Phi) is 2.67. The zero-order chi connectivity index (χ0) is 14.7. The summed E-state index contributed by atoms with van der Waals surface area (Å²) in [4.78, 5) is 25.9. The molecule has 1 aromatic rings. The van der Waals surface area contributed by atoms with Gasteiger partial charge in [-0.15, -0.1) is 0 Å². The number of carbonyl (C=O) groups is 2. The minimum absolute atomic E-state index is 0.241. The van der Waals surface area contributed by atoms with E-state index >= 15 is 0 Å². The van der Waals surface area contributed by atoms with Crippen molar-refractivity contribution < 1.29 is 14.3 Å². The first kappa shape index (κ1) is 13.4. The predicted octanol–water partition coefficient (Wildman–Crippen LogP) is 2.24. The molecule has 1 spiro atoms. The quantitative estimate of drug-likeness (QED) is 0.738. The predicted molar refractivity (Wildman–Crippen MR) is 76.4 cm³/mol. The average molecular weight is 339 g/mol. The van der Waals surface area contributed by atoms with E-state index in [1.807, 2.05) is 32.0 Å². The topological polar surface area (TPSA) is 58.6 Å². The number of ether oxygens (including phenoxy) is 1. The summed E-state index contributed by atoms with van der Waals surface area (Å²) in [5, 5.41) is 2.88. The summed E-state index contributed by atoms with van der Waals surface area (Å²) in [6, 6.07) is 5.13. The van der Waals surface area contributed by atoms with Crippen molar-refractivity contribution in [1.29, 1.82) is 0 Å². The molecule has 1 saturated heterocycles. The minimum atomic E-state index is -1.07. The summed E-state index contributed by atoms with van der Waals surface area (Å²) < 4.78 is 6.60. The zero-order valence-electron chi connectivity index (χ0n) is 11.5. The van der Waals surface area contributed by atoms with E-state index in [9.17, 15) is 9.59 Å². The largest absolute Gasteiger partial charge is 0.493 e. The summed E-state index contributed by atoms with van der Waals surface area (Å²) in [5.41, 5.74) is -0.917. The van der Waals surface area contributed by atoms with Crippen molar-refractivity contribution in [2.24, 2.45) is 5.41 Å². The van der Waals surface area contributed by atoms with E-state index in [0.717, 1.165) is 9.37 Å². The Morgan fingerprint density at radius 3 is 2.65 bits per heavy atom. The molecular formula is C14H15BrN2O3. The van der Waals surface area contributed by atoms with Crippen LogP contribution < -0.4 is 10.1 Å². The number of rotatable bonds is 0. The molecule has 2 aliphatic heterocycles. The summed E-state index contributed by atoms with van der Waals surface area (Å²) in [5.74, 6) is 0.395. The molecule has 1 atom stereocenters. The molecule has 1 unspecified atom stereocenters. The van der Waals surface area contributed by atoms with Crippen molar-refractivity contribution in [3.63, 3.8) is 0 Å². The fourth-order valence-electron chi connectivity index (χ4n) is 2.93. The summed E-state index contributed by atoms with van der Waals surface area (Å²) in [6.07, 6.45) is 0. The lowest BCUT2D eigenvalue weighted by Crippen LogP contribution is -2.59. The highest BCUT2D eigenvalue weighted by Crippen LogP contribution is 2.50. The molecule has 0 aromatic heterocycles. The SMILES string of the molecule is CN1C(=O)NC2(C1=O)c1cc(Br)ccc1OCC2(C)C. The van der Waals surface area contributed by atoms with Gasteiger partial charge in [0.1, 0.15) is 5.75 Å². The molecule has 3 rings (SSSR count). The van der Waals surface area contributed by atoms with Gasteiger partial charge in [-0.05, 0) is 18.2 Å². The maximum Gasteiger partial charge on any atom is 0.325 e. The maximum absolute atomic E-state index is 12.8. The van der Waals surface area contributed by atoms with Crippen LogP contribution in [0.15, 0.2) is 22.7 Å².